The molecule has 0 amide bonds. The molecule has 0 spiro atoms. The molecule has 0 heterocycles. The Balaban J connectivity index is 2.32. The zero-order chi connectivity index (χ0) is 10.7. The van der Waals surface area contributed by atoms with E-state index < -0.39 is 6.10 Å². The largest absolute Gasteiger partial charge is 0.380 e. The number of carbonyl (C=O) groups excluding carboxylic acids is 1. The molecular weight excluding hydrogens is 188 g/mol. The Morgan fingerprint density at radius 1 is 1.27 bits per heavy atom. The van der Waals surface area contributed by atoms with E-state index in [1.54, 1.807) is 6.29 Å². The van der Waals surface area contributed by atoms with Crippen molar-refractivity contribution >= 4 is 6.29 Å². The molecule has 2 nitrogen and oxygen atoms in total. The number of rotatable bonds is 3. The van der Waals surface area contributed by atoms with E-state index in [1.165, 1.54) is 25.7 Å². The van der Waals surface area contributed by atoms with Crippen molar-refractivity contribution in [1.29, 1.82) is 0 Å². The smallest absolute Gasteiger partial charge is 0.234 e. The SMILES string of the molecule is O=[C]C(O)c1ccccc1C1CCCC1. The molecule has 1 atom stereocenters. The van der Waals surface area contributed by atoms with Gasteiger partial charge in [0.15, 0.2) is 0 Å². The molecule has 1 unspecified atom stereocenters. The molecule has 1 fully saturated rings. The molecule has 1 aliphatic rings. The summed E-state index contributed by atoms with van der Waals surface area (Å²) in [5, 5.41) is 9.55. The minimum atomic E-state index is -1.08. The third kappa shape index (κ3) is 2.10. The summed E-state index contributed by atoms with van der Waals surface area (Å²) in [7, 11) is 0. The third-order valence-electron chi connectivity index (χ3n) is 3.20. The first kappa shape index (κ1) is 10.4. The van der Waals surface area contributed by atoms with Crippen molar-refractivity contribution in [2.45, 2.75) is 37.7 Å². The van der Waals surface area contributed by atoms with Crippen LogP contribution >= 0.6 is 0 Å². The lowest BCUT2D eigenvalue weighted by atomic mass is 9.91. The Labute approximate surface area is 89.9 Å². The number of aliphatic hydroxyl groups excluding tert-OH is 1. The topological polar surface area (TPSA) is 37.3 Å². The molecule has 0 bridgehead atoms. The van der Waals surface area contributed by atoms with Crippen molar-refractivity contribution < 1.29 is 9.90 Å². The van der Waals surface area contributed by atoms with Gasteiger partial charge in [0, 0.05) is 0 Å². The van der Waals surface area contributed by atoms with Gasteiger partial charge >= 0.3 is 0 Å². The maximum atomic E-state index is 10.5. The van der Waals surface area contributed by atoms with Gasteiger partial charge in [0.25, 0.3) is 0 Å². The Morgan fingerprint density at radius 3 is 2.60 bits per heavy atom. The van der Waals surface area contributed by atoms with E-state index in [0.29, 0.717) is 5.92 Å². The summed E-state index contributed by atoms with van der Waals surface area (Å²) in [6.07, 6.45) is 5.41. The Morgan fingerprint density at radius 2 is 1.93 bits per heavy atom. The summed E-state index contributed by atoms with van der Waals surface area (Å²) < 4.78 is 0. The molecule has 1 aromatic rings. The monoisotopic (exact) mass is 203 g/mol. The van der Waals surface area contributed by atoms with Crippen LogP contribution in [0.5, 0.6) is 0 Å². The summed E-state index contributed by atoms with van der Waals surface area (Å²) in [4.78, 5) is 10.5. The maximum Gasteiger partial charge on any atom is 0.234 e. The Bertz CT molecular complexity index is 340. The normalized spacial score (nSPS) is 19.0. The minimum absolute atomic E-state index is 0.518. The van der Waals surface area contributed by atoms with Crippen LogP contribution in [0.3, 0.4) is 0 Å². The summed E-state index contributed by atoms with van der Waals surface area (Å²) in [6, 6.07) is 7.66. The summed E-state index contributed by atoms with van der Waals surface area (Å²) in [6.45, 7) is 0. The second-order valence-corrected chi connectivity index (χ2v) is 4.13. The molecule has 1 saturated carbocycles. The molecular formula is C13H15O2. The number of aliphatic hydroxyl groups is 1. The average Bonchev–Trinajstić information content (AvgIpc) is 2.81. The van der Waals surface area contributed by atoms with Crippen molar-refractivity contribution in [3.05, 3.63) is 35.4 Å². The van der Waals surface area contributed by atoms with Crippen LogP contribution in [0, 0.1) is 0 Å². The van der Waals surface area contributed by atoms with E-state index in [-0.39, 0.29) is 0 Å². The number of hydrogen-bond acceptors (Lipinski definition) is 2. The average molecular weight is 203 g/mol. The van der Waals surface area contributed by atoms with Gasteiger partial charge in [-0.05, 0) is 29.9 Å². The highest BCUT2D eigenvalue weighted by molar-refractivity contribution is 5.61. The van der Waals surface area contributed by atoms with Gasteiger partial charge in [0.2, 0.25) is 6.29 Å². The van der Waals surface area contributed by atoms with Crippen molar-refractivity contribution in [2.24, 2.45) is 0 Å². The van der Waals surface area contributed by atoms with Gasteiger partial charge in [-0.25, -0.2) is 0 Å². The fourth-order valence-corrected chi connectivity index (χ4v) is 2.43. The molecule has 1 radical (unpaired) electrons. The first-order chi connectivity index (χ1) is 7.33. The first-order valence-electron chi connectivity index (χ1n) is 5.47. The third-order valence-corrected chi connectivity index (χ3v) is 3.20. The lowest BCUT2D eigenvalue weighted by Crippen LogP contribution is -2.05. The molecule has 1 N–H and O–H groups in total. The van der Waals surface area contributed by atoms with Crippen LogP contribution in [0.25, 0.3) is 0 Å². The fraction of sp³-hybridized carbons (Fsp3) is 0.462. The van der Waals surface area contributed by atoms with Crippen molar-refractivity contribution in [1.82, 2.24) is 0 Å². The Kier molecular flexibility index (Phi) is 3.17. The highest BCUT2D eigenvalue weighted by atomic mass is 16.3. The lowest BCUT2D eigenvalue weighted by Gasteiger charge is -2.15. The quantitative estimate of drug-likeness (QED) is 0.819. The van der Waals surface area contributed by atoms with Crippen LogP contribution in [-0.4, -0.2) is 11.4 Å². The molecule has 0 aliphatic heterocycles. The Hall–Kier alpha value is -1.15. The predicted molar refractivity (Wildman–Crippen MR) is 58.3 cm³/mol. The minimum Gasteiger partial charge on any atom is -0.380 e. The zero-order valence-corrected chi connectivity index (χ0v) is 8.65. The molecule has 0 aromatic heterocycles. The molecule has 1 aromatic carbocycles. The highest BCUT2D eigenvalue weighted by Crippen LogP contribution is 2.37. The van der Waals surface area contributed by atoms with Crippen molar-refractivity contribution in [3.63, 3.8) is 0 Å². The van der Waals surface area contributed by atoms with E-state index in [9.17, 15) is 9.90 Å². The van der Waals surface area contributed by atoms with E-state index in [0.717, 1.165) is 11.1 Å². The van der Waals surface area contributed by atoms with Crippen LogP contribution in [0.2, 0.25) is 0 Å². The van der Waals surface area contributed by atoms with Crippen molar-refractivity contribution in [3.8, 4) is 0 Å². The van der Waals surface area contributed by atoms with Crippen LogP contribution in [0.4, 0.5) is 0 Å². The molecule has 2 heteroatoms. The second kappa shape index (κ2) is 4.58. The van der Waals surface area contributed by atoms with Crippen LogP contribution in [0.15, 0.2) is 24.3 Å². The molecule has 0 saturated heterocycles. The fourth-order valence-electron chi connectivity index (χ4n) is 2.43. The van der Waals surface area contributed by atoms with E-state index in [2.05, 4.69) is 0 Å². The highest BCUT2D eigenvalue weighted by Gasteiger charge is 2.22. The summed E-state index contributed by atoms with van der Waals surface area (Å²) in [5.74, 6) is 0.518. The summed E-state index contributed by atoms with van der Waals surface area (Å²) >= 11 is 0. The molecule has 79 valence electrons. The van der Waals surface area contributed by atoms with Gasteiger partial charge in [0.1, 0.15) is 6.10 Å². The van der Waals surface area contributed by atoms with E-state index in [1.807, 2.05) is 24.3 Å². The van der Waals surface area contributed by atoms with Gasteiger partial charge in [0.05, 0.1) is 0 Å². The van der Waals surface area contributed by atoms with Gasteiger partial charge in [-0.3, -0.25) is 4.79 Å². The van der Waals surface area contributed by atoms with Crippen LogP contribution < -0.4 is 0 Å². The number of hydrogen-bond donors (Lipinski definition) is 1. The molecule has 15 heavy (non-hydrogen) atoms. The predicted octanol–water partition coefficient (Wildman–Crippen LogP) is 2.49. The van der Waals surface area contributed by atoms with E-state index in [4.69, 9.17) is 0 Å². The van der Waals surface area contributed by atoms with Crippen LogP contribution in [0.1, 0.15) is 48.8 Å². The van der Waals surface area contributed by atoms with Crippen LogP contribution in [-0.2, 0) is 4.79 Å². The molecule has 1 aliphatic carbocycles. The van der Waals surface area contributed by atoms with Gasteiger partial charge in [-0.2, -0.15) is 0 Å². The zero-order valence-electron chi connectivity index (χ0n) is 8.65. The van der Waals surface area contributed by atoms with Gasteiger partial charge in [-0.15, -0.1) is 0 Å². The first-order valence-corrected chi connectivity index (χ1v) is 5.47. The van der Waals surface area contributed by atoms with Gasteiger partial charge in [-0.1, -0.05) is 37.1 Å². The maximum absolute atomic E-state index is 10.5. The second-order valence-electron chi connectivity index (χ2n) is 4.13. The lowest BCUT2D eigenvalue weighted by molar-refractivity contribution is 0.238. The summed E-state index contributed by atoms with van der Waals surface area (Å²) in [5.41, 5.74) is 1.87. The molecule has 2 rings (SSSR count). The standard InChI is InChI=1S/C13H15O2/c14-9-13(15)12-8-4-3-7-11(12)10-5-1-2-6-10/h3-4,7-8,10,13,15H,1-2,5-6H2. The van der Waals surface area contributed by atoms with Gasteiger partial charge < -0.3 is 5.11 Å². The van der Waals surface area contributed by atoms with Crippen molar-refractivity contribution in [2.75, 3.05) is 0 Å². The number of benzene rings is 1. The van der Waals surface area contributed by atoms with E-state index >= 15 is 0 Å².